The number of aliphatic hydroxyl groups excluding tert-OH is 1. The molecule has 0 fully saturated rings. The number of rotatable bonds is 4. The minimum atomic E-state index is -0.250. The van der Waals surface area contributed by atoms with E-state index in [0.29, 0.717) is 6.54 Å². The van der Waals surface area contributed by atoms with Crippen LogP contribution in [0, 0.1) is 0 Å². The van der Waals surface area contributed by atoms with Crippen molar-refractivity contribution < 1.29 is 24.9 Å². The van der Waals surface area contributed by atoms with Gasteiger partial charge in [0.15, 0.2) is 0 Å². The number of hydrogen-bond acceptors (Lipinski definition) is 3. The SMILES string of the molecule is CCNCC.NCC(O)[CH2][W]. The Balaban J connectivity index is 0. The summed E-state index contributed by atoms with van der Waals surface area (Å²) in [5.74, 6) is 0. The molecule has 0 heterocycles. The van der Waals surface area contributed by atoms with Crippen molar-refractivity contribution in [2.24, 2.45) is 5.73 Å². The maximum absolute atomic E-state index is 8.56. The van der Waals surface area contributed by atoms with Gasteiger partial charge in [-0.3, -0.25) is 0 Å². The Morgan fingerprint density at radius 1 is 1.45 bits per heavy atom. The van der Waals surface area contributed by atoms with Gasteiger partial charge in [0, 0.05) is 0 Å². The van der Waals surface area contributed by atoms with Gasteiger partial charge in [-0.25, -0.2) is 0 Å². The average Bonchev–Trinajstić information content (AvgIpc) is 2.06. The van der Waals surface area contributed by atoms with Gasteiger partial charge in [-0.2, -0.15) is 0 Å². The molecule has 3 nitrogen and oxygen atoms in total. The number of hydrogen-bond donors (Lipinski definition) is 3. The summed E-state index contributed by atoms with van der Waals surface area (Å²) in [4.78, 5) is 0.844. The van der Waals surface area contributed by atoms with Gasteiger partial charge in [-0.05, 0) is 13.1 Å². The molecular formula is C7H19N2OW. The molecular weight excluding hydrogens is 312 g/mol. The van der Waals surface area contributed by atoms with E-state index in [2.05, 4.69) is 19.2 Å². The zero-order valence-electron chi connectivity index (χ0n) is 7.34. The van der Waals surface area contributed by atoms with E-state index in [0.717, 1.165) is 17.9 Å². The van der Waals surface area contributed by atoms with Crippen LogP contribution in [-0.4, -0.2) is 30.8 Å². The Labute approximate surface area is 80.6 Å². The summed E-state index contributed by atoms with van der Waals surface area (Å²) >= 11 is 1.39. The van der Waals surface area contributed by atoms with Crippen LogP contribution in [0.15, 0.2) is 0 Å². The summed E-state index contributed by atoms with van der Waals surface area (Å²) in [6.45, 7) is 6.80. The summed E-state index contributed by atoms with van der Waals surface area (Å²) in [5, 5.41) is 11.7. The van der Waals surface area contributed by atoms with E-state index >= 15 is 0 Å². The standard InChI is InChI=1S/C4H11N.C3H8NO.W/c1-3-5-4-2;1-3(5)2-4;/h5H,3-4H2,1-2H3;3,5H,1-2,4H2;. The van der Waals surface area contributed by atoms with Crippen LogP contribution in [0.4, 0.5) is 0 Å². The summed E-state index contributed by atoms with van der Waals surface area (Å²) in [6, 6.07) is 0. The first kappa shape index (κ1) is 14.1. The zero-order valence-corrected chi connectivity index (χ0v) is 10.3. The van der Waals surface area contributed by atoms with Crippen molar-refractivity contribution in [3.8, 4) is 0 Å². The van der Waals surface area contributed by atoms with Gasteiger partial charge in [0.1, 0.15) is 0 Å². The van der Waals surface area contributed by atoms with E-state index in [1.165, 1.54) is 19.8 Å². The monoisotopic (exact) mass is 331 g/mol. The predicted molar refractivity (Wildman–Crippen MR) is 44.1 cm³/mol. The van der Waals surface area contributed by atoms with Crippen LogP contribution in [0.3, 0.4) is 0 Å². The van der Waals surface area contributed by atoms with Crippen molar-refractivity contribution in [2.75, 3.05) is 19.6 Å². The fourth-order valence-corrected chi connectivity index (χ4v) is 0.807. The summed E-state index contributed by atoms with van der Waals surface area (Å²) < 4.78 is 0. The van der Waals surface area contributed by atoms with Gasteiger partial charge in [-0.1, -0.05) is 13.8 Å². The van der Waals surface area contributed by atoms with Gasteiger partial charge in [0.2, 0.25) is 0 Å². The van der Waals surface area contributed by atoms with E-state index in [9.17, 15) is 0 Å². The number of aliphatic hydroxyl groups is 1. The number of nitrogens with one attached hydrogen (secondary N) is 1. The number of nitrogens with two attached hydrogens (primary N) is 1. The first-order valence-electron chi connectivity index (χ1n) is 3.89. The topological polar surface area (TPSA) is 58.3 Å². The molecule has 4 N–H and O–H groups in total. The van der Waals surface area contributed by atoms with Crippen molar-refractivity contribution in [3.63, 3.8) is 0 Å². The van der Waals surface area contributed by atoms with E-state index in [1.807, 2.05) is 0 Å². The van der Waals surface area contributed by atoms with Crippen LogP contribution < -0.4 is 11.1 Å². The van der Waals surface area contributed by atoms with Crippen LogP contribution in [-0.2, 0) is 19.8 Å². The van der Waals surface area contributed by atoms with Gasteiger partial charge in [-0.15, -0.1) is 0 Å². The van der Waals surface area contributed by atoms with Gasteiger partial charge in [0.05, 0.1) is 0 Å². The van der Waals surface area contributed by atoms with Crippen molar-refractivity contribution in [2.45, 2.75) is 24.8 Å². The summed E-state index contributed by atoms with van der Waals surface area (Å²) in [6.07, 6.45) is -0.250. The quantitative estimate of drug-likeness (QED) is 0.674. The van der Waals surface area contributed by atoms with E-state index < -0.39 is 0 Å². The van der Waals surface area contributed by atoms with Gasteiger partial charge >= 0.3 is 48.1 Å². The Kier molecular flexibility index (Phi) is 16.9. The van der Waals surface area contributed by atoms with E-state index in [-0.39, 0.29) is 6.10 Å². The van der Waals surface area contributed by atoms with Gasteiger partial charge < -0.3 is 5.32 Å². The molecule has 0 amide bonds. The third-order valence-electron chi connectivity index (χ3n) is 0.964. The third-order valence-corrected chi connectivity index (χ3v) is 2.35. The first-order valence-corrected chi connectivity index (χ1v) is 5.97. The maximum atomic E-state index is 8.56. The van der Waals surface area contributed by atoms with Crippen LogP contribution in [0.5, 0.6) is 0 Å². The molecule has 0 aromatic rings. The molecule has 11 heavy (non-hydrogen) atoms. The molecule has 4 heteroatoms. The second-order valence-corrected chi connectivity index (χ2v) is 3.21. The zero-order chi connectivity index (χ0) is 9.11. The van der Waals surface area contributed by atoms with Crippen molar-refractivity contribution >= 4 is 0 Å². The normalized spacial score (nSPS) is 11.6. The van der Waals surface area contributed by atoms with E-state index in [1.54, 1.807) is 0 Å². The van der Waals surface area contributed by atoms with Crippen LogP contribution in [0.1, 0.15) is 13.8 Å². The molecule has 0 saturated heterocycles. The molecule has 0 aromatic heterocycles. The molecule has 0 bridgehead atoms. The predicted octanol–water partition coefficient (Wildman–Crippen LogP) is -0.113. The molecule has 1 unspecified atom stereocenters. The average molecular weight is 331 g/mol. The fraction of sp³-hybridized carbons (Fsp3) is 1.00. The third kappa shape index (κ3) is 18.0. The van der Waals surface area contributed by atoms with E-state index in [4.69, 9.17) is 10.8 Å². The van der Waals surface area contributed by atoms with Crippen LogP contribution in [0.25, 0.3) is 0 Å². The minimum absolute atomic E-state index is 0.250. The molecule has 0 saturated carbocycles. The fourth-order valence-electron chi connectivity index (χ4n) is 0.318. The summed E-state index contributed by atoms with van der Waals surface area (Å²) in [5.41, 5.74) is 5.05. The van der Waals surface area contributed by atoms with Crippen LogP contribution in [0.2, 0.25) is 4.81 Å². The molecule has 0 spiro atoms. The molecule has 0 radical (unpaired) electrons. The van der Waals surface area contributed by atoms with Crippen molar-refractivity contribution in [1.82, 2.24) is 5.32 Å². The molecule has 69 valence electrons. The molecule has 0 rings (SSSR count). The Hall–Kier alpha value is 0.568. The molecule has 0 aliphatic carbocycles. The molecule has 0 aliphatic heterocycles. The molecule has 0 aliphatic rings. The van der Waals surface area contributed by atoms with Crippen molar-refractivity contribution in [3.05, 3.63) is 0 Å². The second kappa shape index (κ2) is 13.2. The Bertz CT molecular complexity index is 58.4. The first-order chi connectivity index (χ1) is 5.22. The Morgan fingerprint density at radius 2 is 1.91 bits per heavy atom. The van der Waals surface area contributed by atoms with Crippen molar-refractivity contribution in [1.29, 1.82) is 0 Å². The molecule has 0 aromatic carbocycles. The van der Waals surface area contributed by atoms with Crippen LogP contribution >= 0.6 is 0 Å². The Morgan fingerprint density at radius 3 is 1.91 bits per heavy atom. The second-order valence-electron chi connectivity index (χ2n) is 2.01. The molecule has 1 atom stereocenters. The van der Waals surface area contributed by atoms with Gasteiger partial charge in [0.25, 0.3) is 0 Å². The summed E-state index contributed by atoms with van der Waals surface area (Å²) in [7, 11) is 0.